The number of aromatic nitrogens is 3. The number of aromatic amines is 1. The van der Waals surface area contributed by atoms with Crippen molar-refractivity contribution < 1.29 is 9.53 Å². The lowest BCUT2D eigenvalue weighted by Crippen LogP contribution is -2.30. The quantitative estimate of drug-likeness (QED) is 0.706. The summed E-state index contributed by atoms with van der Waals surface area (Å²) in [5.74, 6) is 1.09. The zero-order chi connectivity index (χ0) is 21.1. The fraction of sp³-hybridized carbons (Fsp3) is 0.304. The van der Waals surface area contributed by atoms with E-state index in [0.717, 1.165) is 12.0 Å². The van der Waals surface area contributed by atoms with Crippen molar-refractivity contribution in [3.8, 4) is 17.1 Å². The molecule has 0 spiro atoms. The number of aryl methyl sites for hydroxylation is 1. The smallest absolute Gasteiger partial charge is 0.251 e. The van der Waals surface area contributed by atoms with Gasteiger partial charge in [0.25, 0.3) is 5.56 Å². The van der Waals surface area contributed by atoms with Gasteiger partial charge in [0.1, 0.15) is 5.82 Å². The summed E-state index contributed by atoms with van der Waals surface area (Å²) in [6, 6.07) is 13.1. The molecule has 1 aliphatic heterocycles. The van der Waals surface area contributed by atoms with Crippen molar-refractivity contribution in [2.75, 3.05) is 20.2 Å². The molecule has 2 aromatic heterocycles. The van der Waals surface area contributed by atoms with Crippen molar-refractivity contribution >= 4 is 5.91 Å². The van der Waals surface area contributed by atoms with Gasteiger partial charge in [-0.3, -0.25) is 9.59 Å². The maximum atomic E-state index is 12.7. The zero-order valence-electron chi connectivity index (χ0n) is 17.1. The summed E-state index contributed by atoms with van der Waals surface area (Å²) in [5, 5.41) is 0. The van der Waals surface area contributed by atoms with E-state index >= 15 is 0 Å². The Morgan fingerprint density at radius 1 is 1.27 bits per heavy atom. The Morgan fingerprint density at radius 3 is 2.83 bits per heavy atom. The number of methoxy groups -OCH3 is 1. The third-order valence-corrected chi connectivity index (χ3v) is 5.40. The number of pyridine rings is 1. The summed E-state index contributed by atoms with van der Waals surface area (Å²) in [6.45, 7) is 3.22. The van der Waals surface area contributed by atoms with Crippen LogP contribution >= 0.6 is 0 Å². The number of nitrogens with zero attached hydrogens (tertiary/aromatic N) is 3. The molecule has 4 rings (SSSR count). The summed E-state index contributed by atoms with van der Waals surface area (Å²) >= 11 is 0. The largest absolute Gasteiger partial charge is 0.481 e. The minimum absolute atomic E-state index is 0.0118. The van der Waals surface area contributed by atoms with E-state index in [2.05, 4.69) is 15.0 Å². The molecule has 1 fully saturated rings. The minimum Gasteiger partial charge on any atom is -0.481 e. The minimum atomic E-state index is -0.231. The van der Waals surface area contributed by atoms with E-state index in [9.17, 15) is 9.59 Å². The second-order valence-electron chi connectivity index (χ2n) is 7.56. The van der Waals surface area contributed by atoms with Gasteiger partial charge in [-0.15, -0.1) is 0 Å². The number of likely N-dealkylation sites (tertiary alicyclic amines) is 1. The highest BCUT2D eigenvalue weighted by molar-refractivity contribution is 5.79. The van der Waals surface area contributed by atoms with Crippen molar-refractivity contribution in [2.24, 2.45) is 0 Å². The fourth-order valence-electron chi connectivity index (χ4n) is 3.76. The molecule has 0 radical (unpaired) electrons. The SMILES string of the molecule is COc1ncccc1-c1cc(=O)[nH]c(C2CCN(C(=O)Cc3ccc(C)cc3)C2)n1. The van der Waals surface area contributed by atoms with E-state index in [-0.39, 0.29) is 17.4 Å². The summed E-state index contributed by atoms with van der Waals surface area (Å²) < 4.78 is 5.30. The van der Waals surface area contributed by atoms with E-state index in [4.69, 9.17) is 4.74 Å². The predicted octanol–water partition coefficient (Wildman–Crippen LogP) is 2.71. The van der Waals surface area contributed by atoms with Gasteiger partial charge in [-0.05, 0) is 31.0 Å². The van der Waals surface area contributed by atoms with Crippen LogP contribution in [0.4, 0.5) is 0 Å². The van der Waals surface area contributed by atoms with Crippen LogP contribution in [0.5, 0.6) is 5.88 Å². The highest BCUT2D eigenvalue weighted by Gasteiger charge is 2.29. The van der Waals surface area contributed by atoms with Gasteiger partial charge in [0.15, 0.2) is 0 Å². The Balaban J connectivity index is 1.51. The molecule has 0 bridgehead atoms. The lowest BCUT2D eigenvalue weighted by molar-refractivity contribution is -0.129. The zero-order valence-corrected chi connectivity index (χ0v) is 17.1. The number of carbonyl (C=O) groups is 1. The van der Waals surface area contributed by atoms with E-state index in [1.54, 1.807) is 12.3 Å². The van der Waals surface area contributed by atoms with Crippen molar-refractivity contribution in [2.45, 2.75) is 25.7 Å². The van der Waals surface area contributed by atoms with Crippen LogP contribution in [0.15, 0.2) is 53.5 Å². The number of ether oxygens (including phenoxy) is 1. The van der Waals surface area contributed by atoms with Crippen LogP contribution in [0.1, 0.15) is 29.3 Å². The Labute approximate surface area is 174 Å². The number of rotatable bonds is 5. The second kappa shape index (κ2) is 8.49. The predicted molar refractivity (Wildman–Crippen MR) is 113 cm³/mol. The summed E-state index contributed by atoms with van der Waals surface area (Å²) in [4.78, 5) is 38.6. The Kier molecular flexibility index (Phi) is 5.61. The number of hydrogen-bond acceptors (Lipinski definition) is 5. The van der Waals surface area contributed by atoms with Gasteiger partial charge in [0, 0.05) is 31.3 Å². The molecule has 3 aromatic rings. The van der Waals surface area contributed by atoms with Crippen LogP contribution in [0.3, 0.4) is 0 Å². The van der Waals surface area contributed by atoms with E-state index < -0.39 is 0 Å². The fourth-order valence-corrected chi connectivity index (χ4v) is 3.76. The molecule has 30 heavy (non-hydrogen) atoms. The summed E-state index contributed by atoms with van der Waals surface area (Å²) in [5.41, 5.74) is 3.13. The Hall–Kier alpha value is -3.48. The first-order chi connectivity index (χ1) is 14.5. The highest BCUT2D eigenvalue weighted by Crippen LogP contribution is 2.29. The normalized spacial score (nSPS) is 15.9. The van der Waals surface area contributed by atoms with Gasteiger partial charge in [0.2, 0.25) is 11.8 Å². The molecule has 0 aliphatic carbocycles. The van der Waals surface area contributed by atoms with Crippen molar-refractivity contribution in [3.63, 3.8) is 0 Å². The number of benzene rings is 1. The molecule has 1 saturated heterocycles. The second-order valence-corrected chi connectivity index (χ2v) is 7.56. The van der Waals surface area contributed by atoms with Gasteiger partial charge in [-0.1, -0.05) is 29.8 Å². The first kappa shape index (κ1) is 19.8. The molecular weight excluding hydrogens is 380 g/mol. The number of nitrogens with one attached hydrogen (secondary N) is 1. The molecule has 1 unspecified atom stereocenters. The van der Waals surface area contributed by atoms with E-state index in [0.29, 0.717) is 42.5 Å². The monoisotopic (exact) mass is 404 g/mol. The highest BCUT2D eigenvalue weighted by atomic mass is 16.5. The van der Waals surface area contributed by atoms with Crippen LogP contribution in [-0.2, 0) is 11.2 Å². The van der Waals surface area contributed by atoms with E-state index in [1.807, 2.05) is 42.2 Å². The van der Waals surface area contributed by atoms with Gasteiger partial charge >= 0.3 is 0 Å². The van der Waals surface area contributed by atoms with Crippen LogP contribution < -0.4 is 10.3 Å². The number of carbonyl (C=O) groups excluding carboxylic acids is 1. The first-order valence-corrected chi connectivity index (χ1v) is 9.97. The Bertz CT molecular complexity index is 1110. The lowest BCUT2D eigenvalue weighted by atomic mass is 10.1. The molecule has 7 heteroatoms. The summed E-state index contributed by atoms with van der Waals surface area (Å²) in [6.07, 6.45) is 2.77. The van der Waals surface area contributed by atoms with Crippen molar-refractivity contribution in [1.82, 2.24) is 19.9 Å². The topological polar surface area (TPSA) is 88.2 Å². The number of H-pyrrole nitrogens is 1. The first-order valence-electron chi connectivity index (χ1n) is 9.97. The van der Waals surface area contributed by atoms with Gasteiger partial charge in [0.05, 0.1) is 24.8 Å². The standard InChI is InChI=1S/C23H24N4O3/c1-15-5-7-16(8-6-15)12-21(29)27-11-9-17(14-27)22-25-19(13-20(28)26-22)18-4-3-10-24-23(18)30-2/h3-8,10,13,17H,9,11-12,14H2,1-2H3,(H,25,26,28). The molecule has 7 nitrogen and oxygen atoms in total. The van der Waals surface area contributed by atoms with E-state index in [1.165, 1.54) is 18.7 Å². The molecule has 1 aromatic carbocycles. The molecule has 0 saturated carbocycles. The third-order valence-electron chi connectivity index (χ3n) is 5.40. The molecule has 154 valence electrons. The molecule has 1 amide bonds. The maximum absolute atomic E-state index is 12.7. The van der Waals surface area contributed by atoms with Crippen molar-refractivity contribution in [3.05, 3.63) is 76.0 Å². The summed E-state index contributed by atoms with van der Waals surface area (Å²) in [7, 11) is 1.54. The molecule has 1 N–H and O–H groups in total. The van der Waals surface area contributed by atoms with Gasteiger partial charge in [-0.25, -0.2) is 9.97 Å². The lowest BCUT2D eigenvalue weighted by Gasteiger charge is -2.17. The van der Waals surface area contributed by atoms with Crippen molar-refractivity contribution in [1.29, 1.82) is 0 Å². The van der Waals surface area contributed by atoms with Crippen LogP contribution in [0, 0.1) is 6.92 Å². The third kappa shape index (κ3) is 4.25. The number of hydrogen-bond donors (Lipinski definition) is 1. The average molecular weight is 404 g/mol. The Morgan fingerprint density at radius 2 is 2.07 bits per heavy atom. The van der Waals surface area contributed by atoms with Crippen LogP contribution in [0.25, 0.3) is 11.3 Å². The molecule has 3 heterocycles. The molecule has 1 aliphatic rings. The van der Waals surface area contributed by atoms with Gasteiger partial charge in [-0.2, -0.15) is 0 Å². The van der Waals surface area contributed by atoms with Crippen LogP contribution in [0.2, 0.25) is 0 Å². The van der Waals surface area contributed by atoms with Crippen LogP contribution in [-0.4, -0.2) is 46.0 Å². The molecule has 1 atom stereocenters. The molecular formula is C23H24N4O3. The maximum Gasteiger partial charge on any atom is 0.251 e. The van der Waals surface area contributed by atoms with Gasteiger partial charge < -0.3 is 14.6 Å². The number of amides is 1. The average Bonchev–Trinajstić information content (AvgIpc) is 3.25.